The fourth-order valence-electron chi connectivity index (χ4n) is 3.61. The number of nitrogens with one attached hydrogen (secondary N) is 1. The van der Waals surface area contributed by atoms with Crippen LogP contribution in [0.2, 0.25) is 5.02 Å². The molecule has 5 nitrogen and oxygen atoms in total. The molecule has 1 saturated carbocycles. The van der Waals surface area contributed by atoms with E-state index < -0.39 is 0 Å². The van der Waals surface area contributed by atoms with Gasteiger partial charge in [0.25, 0.3) is 5.91 Å². The summed E-state index contributed by atoms with van der Waals surface area (Å²) < 4.78 is 0. The zero-order valence-corrected chi connectivity index (χ0v) is 15.1. The molecule has 25 heavy (non-hydrogen) atoms. The van der Waals surface area contributed by atoms with E-state index in [1.807, 2.05) is 18.2 Å². The summed E-state index contributed by atoms with van der Waals surface area (Å²) in [7, 11) is 0. The van der Waals surface area contributed by atoms with Crippen molar-refractivity contribution in [2.75, 3.05) is 6.54 Å². The number of nitrogens with two attached hydrogens (primary N) is 1. The first-order valence-electron chi connectivity index (χ1n) is 8.52. The monoisotopic (exact) mass is 358 g/mol. The number of aromatic nitrogens is 2. The second-order valence-electron chi connectivity index (χ2n) is 7.14. The number of carbonyl (C=O) groups is 1. The Morgan fingerprint density at radius 2 is 2.00 bits per heavy atom. The standard InChI is InChI=1S/C19H23ClN4O/c1-18(24-17(25)14-5-10-22-23-12-14)6-8-19(13-21,9-7-18)15-3-2-4-16(20)11-15/h2-5,10-12H,6-9,13,21H2,1H3,(H,24,25). The molecule has 0 unspecified atom stereocenters. The first-order valence-corrected chi connectivity index (χ1v) is 8.90. The Kier molecular flexibility index (Phi) is 5.06. The van der Waals surface area contributed by atoms with Crippen molar-refractivity contribution in [3.05, 3.63) is 58.9 Å². The Morgan fingerprint density at radius 1 is 1.24 bits per heavy atom. The molecule has 0 saturated heterocycles. The molecule has 6 heteroatoms. The number of hydrogen-bond donors (Lipinski definition) is 2. The summed E-state index contributed by atoms with van der Waals surface area (Å²) in [6.45, 7) is 2.67. The second kappa shape index (κ2) is 7.10. The van der Waals surface area contributed by atoms with Gasteiger partial charge in [0.05, 0.1) is 18.0 Å². The van der Waals surface area contributed by atoms with Gasteiger partial charge in [0.15, 0.2) is 0 Å². The van der Waals surface area contributed by atoms with E-state index >= 15 is 0 Å². The maximum atomic E-state index is 12.4. The Morgan fingerprint density at radius 3 is 2.60 bits per heavy atom. The zero-order valence-electron chi connectivity index (χ0n) is 14.3. The molecule has 1 fully saturated rings. The number of benzene rings is 1. The topological polar surface area (TPSA) is 80.9 Å². The number of rotatable bonds is 4. The Bertz CT molecular complexity index is 742. The van der Waals surface area contributed by atoms with Gasteiger partial charge < -0.3 is 11.1 Å². The van der Waals surface area contributed by atoms with E-state index in [9.17, 15) is 4.79 Å². The predicted molar refractivity (Wildman–Crippen MR) is 98.6 cm³/mol. The van der Waals surface area contributed by atoms with Crippen LogP contribution in [0.5, 0.6) is 0 Å². The van der Waals surface area contributed by atoms with Crippen molar-refractivity contribution in [1.29, 1.82) is 0 Å². The lowest BCUT2D eigenvalue weighted by atomic mass is 9.64. The highest BCUT2D eigenvalue weighted by molar-refractivity contribution is 6.30. The van der Waals surface area contributed by atoms with Gasteiger partial charge in [0.2, 0.25) is 0 Å². The molecule has 1 aliphatic carbocycles. The number of nitrogens with zero attached hydrogens (tertiary/aromatic N) is 2. The summed E-state index contributed by atoms with van der Waals surface area (Å²) in [5.74, 6) is -0.111. The van der Waals surface area contributed by atoms with Crippen LogP contribution in [0.25, 0.3) is 0 Å². The minimum absolute atomic E-state index is 0.0760. The summed E-state index contributed by atoms with van der Waals surface area (Å²) >= 11 is 6.17. The molecule has 1 aliphatic rings. The third kappa shape index (κ3) is 3.83. The smallest absolute Gasteiger partial charge is 0.253 e. The number of carbonyl (C=O) groups excluding carboxylic acids is 1. The Labute approximate surface area is 153 Å². The van der Waals surface area contributed by atoms with Gasteiger partial charge >= 0.3 is 0 Å². The van der Waals surface area contributed by atoms with E-state index in [-0.39, 0.29) is 16.9 Å². The summed E-state index contributed by atoms with van der Waals surface area (Å²) in [4.78, 5) is 12.4. The summed E-state index contributed by atoms with van der Waals surface area (Å²) in [6, 6.07) is 9.64. The van der Waals surface area contributed by atoms with Gasteiger partial charge in [-0.2, -0.15) is 10.2 Å². The highest BCUT2D eigenvalue weighted by atomic mass is 35.5. The van der Waals surface area contributed by atoms with Crippen LogP contribution in [0.1, 0.15) is 48.5 Å². The highest BCUT2D eigenvalue weighted by Crippen LogP contribution is 2.43. The molecule has 3 N–H and O–H groups in total. The Hall–Kier alpha value is -1.98. The molecule has 0 aliphatic heterocycles. The molecule has 1 heterocycles. The van der Waals surface area contributed by atoms with Crippen LogP contribution in [-0.4, -0.2) is 28.2 Å². The summed E-state index contributed by atoms with van der Waals surface area (Å²) in [5, 5.41) is 11.4. The van der Waals surface area contributed by atoms with E-state index in [1.54, 1.807) is 6.07 Å². The molecule has 1 aromatic heterocycles. The molecule has 1 aromatic carbocycles. The van der Waals surface area contributed by atoms with Crippen molar-refractivity contribution in [3.63, 3.8) is 0 Å². The quantitative estimate of drug-likeness (QED) is 0.880. The van der Waals surface area contributed by atoms with Crippen LogP contribution in [0, 0.1) is 0 Å². The maximum Gasteiger partial charge on any atom is 0.253 e. The van der Waals surface area contributed by atoms with Gasteiger partial charge in [-0.25, -0.2) is 0 Å². The SMILES string of the molecule is CC1(NC(=O)c2ccnnc2)CCC(CN)(c2cccc(Cl)c2)CC1. The largest absolute Gasteiger partial charge is 0.347 e. The minimum Gasteiger partial charge on any atom is -0.347 e. The molecule has 0 atom stereocenters. The van der Waals surface area contributed by atoms with Gasteiger partial charge in [-0.3, -0.25) is 4.79 Å². The van der Waals surface area contributed by atoms with E-state index in [2.05, 4.69) is 28.5 Å². The number of hydrogen-bond acceptors (Lipinski definition) is 4. The van der Waals surface area contributed by atoms with Crippen LogP contribution < -0.4 is 11.1 Å². The van der Waals surface area contributed by atoms with E-state index in [0.29, 0.717) is 12.1 Å². The highest BCUT2D eigenvalue weighted by Gasteiger charge is 2.41. The van der Waals surface area contributed by atoms with Crippen molar-refractivity contribution in [2.45, 2.75) is 43.6 Å². The van der Waals surface area contributed by atoms with Crippen LogP contribution in [0.4, 0.5) is 0 Å². The number of halogens is 1. The van der Waals surface area contributed by atoms with Crippen LogP contribution in [-0.2, 0) is 5.41 Å². The van der Waals surface area contributed by atoms with Gasteiger partial charge in [-0.15, -0.1) is 0 Å². The van der Waals surface area contributed by atoms with Crippen LogP contribution in [0.15, 0.2) is 42.7 Å². The van der Waals surface area contributed by atoms with E-state index in [0.717, 1.165) is 30.7 Å². The molecular weight excluding hydrogens is 336 g/mol. The second-order valence-corrected chi connectivity index (χ2v) is 7.58. The van der Waals surface area contributed by atoms with Gasteiger partial charge in [0.1, 0.15) is 0 Å². The third-order valence-corrected chi connectivity index (χ3v) is 5.64. The van der Waals surface area contributed by atoms with Gasteiger partial charge in [-0.05, 0) is 56.4 Å². The van der Waals surface area contributed by atoms with Crippen molar-refractivity contribution >= 4 is 17.5 Å². The first kappa shape index (κ1) is 17.8. The maximum absolute atomic E-state index is 12.4. The van der Waals surface area contributed by atoms with Crippen molar-refractivity contribution in [3.8, 4) is 0 Å². The predicted octanol–water partition coefficient (Wildman–Crippen LogP) is 3.09. The Balaban J connectivity index is 1.72. The lowest BCUT2D eigenvalue weighted by Gasteiger charge is -2.45. The van der Waals surface area contributed by atoms with Gasteiger partial charge in [-0.1, -0.05) is 23.7 Å². The van der Waals surface area contributed by atoms with Crippen molar-refractivity contribution in [2.24, 2.45) is 5.73 Å². The lowest BCUT2D eigenvalue weighted by molar-refractivity contribution is 0.0854. The fourth-order valence-corrected chi connectivity index (χ4v) is 3.80. The molecule has 2 aromatic rings. The van der Waals surface area contributed by atoms with E-state index in [4.69, 9.17) is 17.3 Å². The number of amides is 1. The van der Waals surface area contributed by atoms with Crippen molar-refractivity contribution in [1.82, 2.24) is 15.5 Å². The summed E-state index contributed by atoms with van der Waals surface area (Å²) in [6.07, 6.45) is 6.56. The molecule has 0 spiro atoms. The normalized spacial score (nSPS) is 26.2. The molecule has 1 amide bonds. The molecule has 0 radical (unpaired) electrons. The van der Waals surface area contributed by atoms with Crippen LogP contribution in [0.3, 0.4) is 0 Å². The minimum atomic E-state index is -0.252. The average Bonchev–Trinajstić information content (AvgIpc) is 2.63. The average molecular weight is 359 g/mol. The summed E-state index contributed by atoms with van der Waals surface area (Å²) in [5.41, 5.74) is 7.55. The van der Waals surface area contributed by atoms with E-state index in [1.165, 1.54) is 18.0 Å². The van der Waals surface area contributed by atoms with Crippen LogP contribution >= 0.6 is 11.6 Å². The van der Waals surface area contributed by atoms with Gasteiger partial charge in [0, 0.05) is 22.5 Å². The molecular formula is C19H23ClN4O. The molecule has 132 valence electrons. The van der Waals surface area contributed by atoms with Crippen molar-refractivity contribution < 1.29 is 4.79 Å². The molecule has 3 rings (SSSR count). The first-order chi connectivity index (χ1) is 12.0. The zero-order chi connectivity index (χ0) is 17.9. The molecule has 0 bridgehead atoms. The lowest BCUT2D eigenvalue weighted by Crippen LogP contribution is -2.52. The fraction of sp³-hybridized carbons (Fsp3) is 0.421. The third-order valence-electron chi connectivity index (χ3n) is 5.40.